The highest BCUT2D eigenvalue weighted by Gasteiger charge is 2.23. The molecule has 0 aliphatic heterocycles. The third-order valence-corrected chi connectivity index (χ3v) is 5.90. The van der Waals surface area contributed by atoms with Gasteiger partial charge in [0.2, 0.25) is 11.7 Å². The molecule has 0 radical (unpaired) electrons. The zero-order valence-corrected chi connectivity index (χ0v) is 20.9. The lowest BCUT2D eigenvalue weighted by atomic mass is 9.90. The Bertz CT molecular complexity index is 1320. The SMILES string of the molecule is Cc1ccc(CC(c2cccc(Cl)c2)c2nc(-c3ccc(C=O)cc3)no2)cc1C.NCCC(=O)O. The van der Waals surface area contributed by atoms with Crippen molar-refractivity contribution in [1.82, 2.24) is 10.1 Å². The minimum absolute atomic E-state index is 0.0694. The van der Waals surface area contributed by atoms with Gasteiger partial charge in [-0.25, -0.2) is 0 Å². The third kappa shape index (κ3) is 7.34. The Kier molecular flexibility index (Phi) is 9.50. The van der Waals surface area contributed by atoms with Crippen LogP contribution in [-0.2, 0) is 11.2 Å². The Morgan fingerprint density at radius 3 is 2.42 bits per heavy atom. The molecule has 0 spiro atoms. The smallest absolute Gasteiger partial charge is 0.304 e. The number of nitrogens with zero attached hydrogens (tertiary/aromatic N) is 2. The molecule has 3 aromatic carbocycles. The molecule has 1 aromatic heterocycles. The highest BCUT2D eigenvalue weighted by atomic mass is 35.5. The van der Waals surface area contributed by atoms with E-state index in [1.165, 1.54) is 16.7 Å². The van der Waals surface area contributed by atoms with Crippen molar-refractivity contribution in [2.45, 2.75) is 32.6 Å². The summed E-state index contributed by atoms with van der Waals surface area (Å²) in [6, 6.07) is 21.3. The summed E-state index contributed by atoms with van der Waals surface area (Å²) in [5, 5.41) is 12.7. The predicted molar refractivity (Wildman–Crippen MR) is 139 cm³/mol. The second-order valence-electron chi connectivity index (χ2n) is 8.36. The molecular formula is C28H28ClN3O4. The molecule has 1 unspecified atom stereocenters. The summed E-state index contributed by atoms with van der Waals surface area (Å²) in [6.45, 7) is 4.45. The number of aryl methyl sites for hydroxylation is 2. The van der Waals surface area contributed by atoms with Crippen molar-refractivity contribution in [3.05, 3.63) is 105 Å². The number of benzene rings is 3. The summed E-state index contributed by atoms with van der Waals surface area (Å²) in [7, 11) is 0. The van der Waals surface area contributed by atoms with Crippen LogP contribution in [-0.4, -0.2) is 34.0 Å². The first-order chi connectivity index (χ1) is 17.3. The number of aromatic nitrogens is 2. The van der Waals surface area contributed by atoms with Gasteiger partial charge in [-0.15, -0.1) is 0 Å². The molecule has 0 saturated carbocycles. The van der Waals surface area contributed by atoms with Crippen LogP contribution < -0.4 is 5.73 Å². The Morgan fingerprint density at radius 1 is 1.08 bits per heavy atom. The van der Waals surface area contributed by atoms with Crippen molar-refractivity contribution in [3.63, 3.8) is 0 Å². The van der Waals surface area contributed by atoms with Gasteiger partial charge in [0.05, 0.1) is 12.3 Å². The molecule has 0 aliphatic rings. The van der Waals surface area contributed by atoms with Gasteiger partial charge < -0.3 is 15.4 Å². The standard InChI is InChI=1S/C25H21ClN2O2.C3H7NO2/c1-16-6-7-19(12-17(16)2)13-23(21-4-3-5-22(26)14-21)25-27-24(28-30-25)20-10-8-18(15-29)9-11-20;4-2-1-3(5)6/h3-12,14-15,23H,13H2,1-2H3;1-2,4H2,(H,5,6). The Morgan fingerprint density at radius 2 is 1.83 bits per heavy atom. The first-order valence-electron chi connectivity index (χ1n) is 11.4. The lowest BCUT2D eigenvalue weighted by molar-refractivity contribution is -0.136. The fourth-order valence-corrected chi connectivity index (χ4v) is 3.76. The largest absolute Gasteiger partial charge is 0.481 e. The number of halogens is 1. The maximum Gasteiger partial charge on any atom is 0.304 e. The lowest BCUT2D eigenvalue weighted by Crippen LogP contribution is -2.06. The van der Waals surface area contributed by atoms with Gasteiger partial charge in [0.1, 0.15) is 6.29 Å². The number of aldehydes is 1. The highest BCUT2D eigenvalue weighted by molar-refractivity contribution is 6.30. The average molecular weight is 506 g/mol. The molecule has 4 aromatic rings. The van der Waals surface area contributed by atoms with Crippen molar-refractivity contribution in [1.29, 1.82) is 0 Å². The molecule has 0 fully saturated rings. The van der Waals surface area contributed by atoms with Crippen LogP contribution in [0.4, 0.5) is 0 Å². The van der Waals surface area contributed by atoms with Crippen molar-refractivity contribution in [2.75, 3.05) is 6.54 Å². The molecule has 8 heteroatoms. The van der Waals surface area contributed by atoms with E-state index >= 15 is 0 Å². The molecule has 3 N–H and O–H groups in total. The van der Waals surface area contributed by atoms with E-state index < -0.39 is 5.97 Å². The van der Waals surface area contributed by atoms with Crippen LogP contribution >= 0.6 is 11.6 Å². The number of rotatable bonds is 8. The molecule has 1 heterocycles. The van der Waals surface area contributed by atoms with Crippen molar-refractivity contribution in [2.24, 2.45) is 5.73 Å². The maximum absolute atomic E-state index is 10.9. The Balaban J connectivity index is 0.000000538. The Hall–Kier alpha value is -3.81. The van der Waals surface area contributed by atoms with E-state index in [9.17, 15) is 9.59 Å². The maximum atomic E-state index is 10.9. The molecule has 0 saturated heterocycles. The number of carbonyl (C=O) groups excluding carboxylic acids is 1. The van der Waals surface area contributed by atoms with Crippen LogP contribution in [0, 0.1) is 13.8 Å². The fourth-order valence-electron chi connectivity index (χ4n) is 3.57. The predicted octanol–water partition coefficient (Wildman–Crippen LogP) is 5.61. The number of carbonyl (C=O) groups is 2. The summed E-state index contributed by atoms with van der Waals surface area (Å²) < 4.78 is 5.68. The van der Waals surface area contributed by atoms with Crippen LogP contribution in [0.25, 0.3) is 11.4 Å². The van der Waals surface area contributed by atoms with Crippen molar-refractivity contribution >= 4 is 23.9 Å². The summed E-state index contributed by atoms with van der Waals surface area (Å²) in [5.41, 5.74) is 11.0. The quantitative estimate of drug-likeness (QED) is 0.298. The second-order valence-corrected chi connectivity index (χ2v) is 8.80. The first-order valence-corrected chi connectivity index (χ1v) is 11.8. The molecule has 0 bridgehead atoms. The van der Waals surface area contributed by atoms with Gasteiger partial charge in [-0.2, -0.15) is 4.98 Å². The van der Waals surface area contributed by atoms with Crippen LogP contribution in [0.15, 0.2) is 71.3 Å². The number of carboxylic acids is 1. The van der Waals surface area contributed by atoms with E-state index in [0.29, 0.717) is 28.7 Å². The molecule has 186 valence electrons. The number of hydrogen-bond acceptors (Lipinski definition) is 6. The molecule has 36 heavy (non-hydrogen) atoms. The number of nitrogens with two attached hydrogens (primary N) is 1. The summed E-state index contributed by atoms with van der Waals surface area (Å²) in [5.74, 6) is 0.0679. The minimum Gasteiger partial charge on any atom is -0.481 e. The van der Waals surface area contributed by atoms with E-state index in [4.69, 9.17) is 27.0 Å². The second kappa shape index (κ2) is 12.8. The summed E-state index contributed by atoms with van der Waals surface area (Å²) in [6.07, 6.45) is 1.59. The average Bonchev–Trinajstić information content (AvgIpc) is 3.35. The van der Waals surface area contributed by atoms with E-state index in [1.54, 1.807) is 12.1 Å². The van der Waals surface area contributed by atoms with E-state index in [-0.39, 0.29) is 18.9 Å². The normalized spacial score (nSPS) is 11.3. The van der Waals surface area contributed by atoms with Gasteiger partial charge >= 0.3 is 5.97 Å². The molecule has 0 aliphatic carbocycles. The number of carboxylic acid groups (broad SMARTS) is 1. The molecule has 1 atom stereocenters. The monoisotopic (exact) mass is 505 g/mol. The fraction of sp³-hybridized carbons (Fsp3) is 0.214. The molecule has 0 amide bonds. The minimum atomic E-state index is -0.836. The summed E-state index contributed by atoms with van der Waals surface area (Å²) >= 11 is 6.26. The number of hydrogen-bond donors (Lipinski definition) is 2. The van der Waals surface area contributed by atoms with E-state index in [0.717, 1.165) is 17.4 Å². The van der Waals surface area contributed by atoms with Gasteiger partial charge in [0, 0.05) is 22.7 Å². The van der Waals surface area contributed by atoms with Crippen molar-refractivity contribution in [3.8, 4) is 11.4 Å². The zero-order chi connectivity index (χ0) is 26.1. The van der Waals surface area contributed by atoms with Gasteiger partial charge in [0.25, 0.3) is 0 Å². The van der Waals surface area contributed by atoms with Crippen LogP contribution in [0.2, 0.25) is 5.02 Å². The van der Waals surface area contributed by atoms with E-state index in [1.807, 2.05) is 36.4 Å². The van der Waals surface area contributed by atoms with Crippen LogP contribution in [0.3, 0.4) is 0 Å². The van der Waals surface area contributed by atoms with Crippen LogP contribution in [0.5, 0.6) is 0 Å². The zero-order valence-electron chi connectivity index (χ0n) is 20.1. The first kappa shape index (κ1) is 26.8. The number of aliphatic carboxylic acids is 1. The Labute approximate surface area is 214 Å². The van der Waals surface area contributed by atoms with Crippen LogP contribution in [0.1, 0.15) is 50.8 Å². The lowest BCUT2D eigenvalue weighted by Gasteiger charge is -2.15. The molecule has 4 rings (SSSR count). The van der Waals surface area contributed by atoms with E-state index in [2.05, 4.69) is 42.2 Å². The van der Waals surface area contributed by atoms with Gasteiger partial charge in [0.15, 0.2) is 0 Å². The van der Waals surface area contributed by atoms with Gasteiger partial charge in [-0.1, -0.05) is 71.4 Å². The molecule has 7 nitrogen and oxygen atoms in total. The van der Waals surface area contributed by atoms with Gasteiger partial charge in [-0.05, 0) is 54.7 Å². The molecular weight excluding hydrogens is 478 g/mol. The topological polar surface area (TPSA) is 119 Å². The third-order valence-electron chi connectivity index (χ3n) is 5.67. The van der Waals surface area contributed by atoms with Gasteiger partial charge in [-0.3, -0.25) is 9.59 Å². The highest BCUT2D eigenvalue weighted by Crippen LogP contribution is 2.31. The van der Waals surface area contributed by atoms with Crippen molar-refractivity contribution < 1.29 is 19.2 Å². The summed E-state index contributed by atoms with van der Waals surface area (Å²) in [4.78, 5) is 25.1.